The van der Waals surface area contributed by atoms with Crippen LogP contribution in [0.3, 0.4) is 0 Å². The Balaban J connectivity index is 2.72. The molecular weight excluding hydrogens is 288 g/mol. The first-order valence-corrected chi connectivity index (χ1v) is 7.40. The Bertz CT molecular complexity index is 505. The summed E-state index contributed by atoms with van der Waals surface area (Å²) in [6, 6.07) is 4.04. The van der Waals surface area contributed by atoms with Crippen molar-refractivity contribution in [3.63, 3.8) is 0 Å². The van der Waals surface area contributed by atoms with E-state index in [9.17, 15) is 14.9 Å². The van der Waals surface area contributed by atoms with Crippen LogP contribution in [0, 0.1) is 10.1 Å². The van der Waals surface area contributed by atoms with Crippen LogP contribution in [0.1, 0.15) is 43.0 Å². The number of hydrogen-bond acceptors (Lipinski definition) is 6. The number of hydrogen-bond donors (Lipinski definition) is 2. The first-order valence-electron chi connectivity index (χ1n) is 7.40. The predicted molar refractivity (Wildman–Crippen MR) is 83.1 cm³/mol. The van der Waals surface area contributed by atoms with Gasteiger partial charge >= 0.3 is 5.97 Å². The number of esters is 1. The fourth-order valence-electron chi connectivity index (χ4n) is 1.99. The van der Waals surface area contributed by atoms with Gasteiger partial charge in [0.05, 0.1) is 22.8 Å². The highest BCUT2D eigenvalue weighted by molar-refractivity contribution is 5.96. The van der Waals surface area contributed by atoms with E-state index in [2.05, 4.69) is 5.32 Å². The van der Waals surface area contributed by atoms with Crippen LogP contribution in [0.4, 0.5) is 11.4 Å². The lowest BCUT2D eigenvalue weighted by molar-refractivity contribution is -0.384. The topological polar surface area (TPSA) is 102 Å². The van der Waals surface area contributed by atoms with E-state index in [4.69, 9.17) is 9.84 Å². The second kappa shape index (κ2) is 9.73. The van der Waals surface area contributed by atoms with Crippen LogP contribution in [-0.2, 0) is 4.74 Å². The average Bonchev–Trinajstić information content (AvgIpc) is 2.50. The molecule has 0 aromatic heterocycles. The molecule has 7 nitrogen and oxygen atoms in total. The molecule has 0 heterocycles. The maximum absolute atomic E-state index is 11.9. The van der Waals surface area contributed by atoms with E-state index in [-0.39, 0.29) is 18.9 Å². The minimum absolute atomic E-state index is 0.0733. The lowest BCUT2D eigenvalue weighted by Crippen LogP contribution is -2.11. The number of carbonyl (C=O) groups excluding carboxylic acids is 1. The number of aliphatic hydroxyl groups excluding tert-OH is 1. The molecule has 0 amide bonds. The second-order valence-electron chi connectivity index (χ2n) is 4.77. The maximum atomic E-state index is 11.9. The van der Waals surface area contributed by atoms with Crippen LogP contribution in [-0.4, -0.2) is 35.8 Å². The number of aliphatic hydroxyl groups is 1. The Morgan fingerprint density at radius 2 is 2.05 bits per heavy atom. The lowest BCUT2D eigenvalue weighted by atomic mass is 10.1. The Hall–Kier alpha value is -2.15. The summed E-state index contributed by atoms with van der Waals surface area (Å²) >= 11 is 0. The van der Waals surface area contributed by atoms with Crippen molar-refractivity contribution in [3.05, 3.63) is 33.9 Å². The van der Waals surface area contributed by atoms with E-state index in [1.165, 1.54) is 18.2 Å². The minimum atomic E-state index is -0.500. The van der Waals surface area contributed by atoms with Crippen LogP contribution in [0.2, 0.25) is 0 Å². The van der Waals surface area contributed by atoms with Gasteiger partial charge in [-0.15, -0.1) is 0 Å². The largest absolute Gasteiger partial charge is 0.462 e. The summed E-state index contributed by atoms with van der Waals surface area (Å²) in [6.07, 6.45) is 3.49. The number of benzene rings is 1. The average molecular weight is 310 g/mol. The summed E-state index contributed by atoms with van der Waals surface area (Å²) in [4.78, 5) is 22.2. The predicted octanol–water partition coefficient (Wildman–Crippen LogP) is 2.74. The third kappa shape index (κ3) is 5.69. The van der Waals surface area contributed by atoms with Gasteiger partial charge in [0, 0.05) is 25.3 Å². The molecule has 0 aliphatic rings. The van der Waals surface area contributed by atoms with Gasteiger partial charge in [0.2, 0.25) is 0 Å². The van der Waals surface area contributed by atoms with Crippen molar-refractivity contribution in [1.29, 1.82) is 0 Å². The quantitative estimate of drug-likeness (QED) is 0.298. The van der Waals surface area contributed by atoms with Gasteiger partial charge in [-0.3, -0.25) is 10.1 Å². The Labute approximate surface area is 129 Å². The number of nitrogens with one attached hydrogen (secondary N) is 1. The molecule has 122 valence electrons. The van der Waals surface area contributed by atoms with Gasteiger partial charge < -0.3 is 15.2 Å². The fraction of sp³-hybridized carbons (Fsp3) is 0.533. The summed E-state index contributed by atoms with van der Waals surface area (Å²) in [6.45, 7) is 2.73. The molecule has 0 saturated heterocycles. The van der Waals surface area contributed by atoms with Crippen LogP contribution >= 0.6 is 0 Å². The molecule has 22 heavy (non-hydrogen) atoms. The number of non-ortho nitro benzene ring substituents is 1. The third-order valence-electron chi connectivity index (χ3n) is 3.11. The zero-order chi connectivity index (χ0) is 16.4. The summed E-state index contributed by atoms with van der Waals surface area (Å²) < 4.78 is 4.95. The number of nitrogens with zero attached hydrogens (tertiary/aromatic N) is 1. The second-order valence-corrected chi connectivity index (χ2v) is 4.77. The van der Waals surface area contributed by atoms with Gasteiger partial charge in [0.25, 0.3) is 5.69 Å². The van der Waals surface area contributed by atoms with E-state index >= 15 is 0 Å². The molecule has 0 saturated carbocycles. The highest BCUT2D eigenvalue weighted by Gasteiger charge is 2.16. The van der Waals surface area contributed by atoms with E-state index in [1.807, 2.05) is 0 Å². The molecule has 0 spiro atoms. The van der Waals surface area contributed by atoms with Crippen LogP contribution in [0.15, 0.2) is 18.2 Å². The number of carbonyl (C=O) groups is 1. The molecule has 1 rings (SSSR count). The molecule has 1 aromatic rings. The Morgan fingerprint density at radius 3 is 2.68 bits per heavy atom. The Kier molecular flexibility index (Phi) is 7.91. The molecule has 7 heteroatoms. The SMILES string of the molecule is CCOC(=O)c1ccc([N+](=O)[O-])cc1NCCCCCCO. The zero-order valence-electron chi connectivity index (χ0n) is 12.7. The molecule has 2 N–H and O–H groups in total. The molecule has 0 fully saturated rings. The van der Waals surface area contributed by atoms with Crippen LogP contribution in [0.25, 0.3) is 0 Å². The number of ether oxygens (including phenoxy) is 1. The normalized spacial score (nSPS) is 10.3. The van der Waals surface area contributed by atoms with E-state index in [0.717, 1.165) is 25.7 Å². The molecule has 1 aromatic carbocycles. The number of rotatable bonds is 10. The Morgan fingerprint density at radius 1 is 1.32 bits per heavy atom. The van der Waals surface area contributed by atoms with E-state index in [1.54, 1.807) is 6.92 Å². The number of unbranched alkanes of at least 4 members (excludes halogenated alkanes) is 3. The van der Waals surface area contributed by atoms with Gasteiger partial charge in [0.1, 0.15) is 0 Å². The van der Waals surface area contributed by atoms with Crippen molar-refractivity contribution in [1.82, 2.24) is 0 Å². The van der Waals surface area contributed by atoms with Crippen LogP contribution < -0.4 is 5.32 Å². The monoisotopic (exact) mass is 310 g/mol. The van der Waals surface area contributed by atoms with Crippen molar-refractivity contribution < 1.29 is 19.6 Å². The standard InChI is InChI=1S/C15H22N2O5/c1-2-22-15(19)13-8-7-12(17(20)21)11-14(13)16-9-5-3-4-6-10-18/h7-8,11,16,18H,2-6,9-10H2,1H3. The number of anilines is 1. The molecule has 0 unspecified atom stereocenters. The summed E-state index contributed by atoms with van der Waals surface area (Å²) in [5, 5.41) is 22.6. The molecular formula is C15H22N2O5. The number of nitro groups is 1. The highest BCUT2D eigenvalue weighted by Crippen LogP contribution is 2.23. The van der Waals surface area contributed by atoms with Crippen molar-refractivity contribution in [3.8, 4) is 0 Å². The van der Waals surface area contributed by atoms with Gasteiger partial charge in [0.15, 0.2) is 0 Å². The van der Waals surface area contributed by atoms with Crippen LogP contribution in [0.5, 0.6) is 0 Å². The third-order valence-corrected chi connectivity index (χ3v) is 3.11. The fourth-order valence-corrected chi connectivity index (χ4v) is 1.99. The first-order chi connectivity index (χ1) is 10.6. The van der Waals surface area contributed by atoms with Crippen molar-refractivity contribution in [2.45, 2.75) is 32.6 Å². The lowest BCUT2D eigenvalue weighted by Gasteiger charge is -2.11. The van der Waals surface area contributed by atoms with E-state index < -0.39 is 10.9 Å². The molecule has 0 bridgehead atoms. The smallest absolute Gasteiger partial charge is 0.340 e. The highest BCUT2D eigenvalue weighted by atomic mass is 16.6. The van der Waals surface area contributed by atoms with Crippen molar-refractivity contribution >= 4 is 17.3 Å². The number of nitro benzene ring substituents is 1. The molecule has 0 radical (unpaired) electrons. The van der Waals surface area contributed by atoms with Crippen molar-refractivity contribution in [2.24, 2.45) is 0 Å². The maximum Gasteiger partial charge on any atom is 0.340 e. The van der Waals surface area contributed by atoms with E-state index in [0.29, 0.717) is 17.8 Å². The summed E-state index contributed by atoms with van der Waals surface area (Å²) in [7, 11) is 0. The van der Waals surface area contributed by atoms with Gasteiger partial charge in [-0.1, -0.05) is 12.8 Å². The first kappa shape index (κ1) is 17.9. The van der Waals surface area contributed by atoms with Crippen molar-refractivity contribution in [2.75, 3.05) is 25.1 Å². The summed E-state index contributed by atoms with van der Waals surface area (Å²) in [5.41, 5.74) is 0.633. The van der Waals surface area contributed by atoms with Gasteiger partial charge in [-0.25, -0.2) is 4.79 Å². The minimum Gasteiger partial charge on any atom is -0.462 e. The van der Waals surface area contributed by atoms with Gasteiger partial charge in [-0.2, -0.15) is 0 Å². The zero-order valence-corrected chi connectivity index (χ0v) is 12.7. The molecule has 0 atom stereocenters. The summed E-state index contributed by atoms with van der Waals surface area (Å²) in [5.74, 6) is -0.500. The molecule has 0 aliphatic heterocycles. The van der Waals surface area contributed by atoms with Gasteiger partial charge in [-0.05, 0) is 25.8 Å². The molecule has 0 aliphatic carbocycles.